The molecule has 0 unspecified atom stereocenters. The number of fused-ring (bicyclic) bond motifs is 1. The highest BCUT2D eigenvalue weighted by atomic mass is 16.1. The molecule has 4 heteroatoms. The number of carbonyl (C=O) groups excluding carboxylic acids is 1. The molecule has 4 nitrogen and oxygen atoms in total. The predicted molar refractivity (Wildman–Crippen MR) is 100 cm³/mol. The van der Waals surface area contributed by atoms with Crippen molar-refractivity contribution in [3.63, 3.8) is 0 Å². The number of pyridine rings is 1. The highest BCUT2D eigenvalue weighted by Gasteiger charge is 2.26. The van der Waals surface area contributed by atoms with Crippen LogP contribution in [0.2, 0.25) is 0 Å². The third-order valence-corrected chi connectivity index (χ3v) is 5.81. The molecule has 1 atom stereocenters. The van der Waals surface area contributed by atoms with Crippen LogP contribution in [0, 0.1) is 11.8 Å². The molecule has 1 saturated carbocycles. The molecule has 1 saturated heterocycles. The van der Waals surface area contributed by atoms with Crippen LogP contribution in [0.15, 0.2) is 36.7 Å². The van der Waals surface area contributed by atoms with E-state index in [1.54, 1.807) is 0 Å². The van der Waals surface area contributed by atoms with Gasteiger partial charge in [-0.15, -0.1) is 0 Å². The maximum absolute atomic E-state index is 12.1. The van der Waals surface area contributed by atoms with Crippen molar-refractivity contribution in [2.24, 2.45) is 11.8 Å². The van der Waals surface area contributed by atoms with Crippen LogP contribution in [0.4, 0.5) is 0 Å². The molecule has 1 aromatic carbocycles. The predicted octanol–water partition coefficient (Wildman–Crippen LogP) is 3.36. The second kappa shape index (κ2) is 7.52. The summed E-state index contributed by atoms with van der Waals surface area (Å²) in [6, 6.07) is 8.59. The van der Waals surface area contributed by atoms with Crippen molar-refractivity contribution < 1.29 is 4.79 Å². The standard InChI is InChI=1S/C21H27N3O/c25-21(17-5-1-6-17)23-12-16-4-3-11-24(14-16)15-19-8-2-7-18-13-22-10-9-20(18)19/h2,7-10,13,16-17H,1,3-6,11-12,14-15H2,(H,23,25)/t16-/m1/s1. The molecule has 1 aliphatic heterocycles. The molecule has 2 fully saturated rings. The molecule has 132 valence electrons. The summed E-state index contributed by atoms with van der Waals surface area (Å²) in [5, 5.41) is 5.71. The molecule has 2 aromatic rings. The Labute approximate surface area is 149 Å². The Bertz CT molecular complexity index is 736. The summed E-state index contributed by atoms with van der Waals surface area (Å²) in [5.41, 5.74) is 1.37. The van der Waals surface area contributed by atoms with E-state index in [0.29, 0.717) is 11.8 Å². The number of piperidine rings is 1. The van der Waals surface area contributed by atoms with E-state index >= 15 is 0 Å². The summed E-state index contributed by atoms with van der Waals surface area (Å²) < 4.78 is 0. The first-order valence-electron chi connectivity index (χ1n) is 9.61. The Morgan fingerprint density at radius 2 is 2.12 bits per heavy atom. The third kappa shape index (κ3) is 3.84. The van der Waals surface area contributed by atoms with Gasteiger partial charge in [-0.2, -0.15) is 0 Å². The van der Waals surface area contributed by atoms with Crippen LogP contribution in [0.3, 0.4) is 0 Å². The fraction of sp³-hybridized carbons (Fsp3) is 0.524. The number of hydrogen-bond donors (Lipinski definition) is 1. The average molecular weight is 337 g/mol. The topological polar surface area (TPSA) is 45.2 Å². The molecule has 2 heterocycles. The molecule has 4 rings (SSSR count). The lowest BCUT2D eigenvalue weighted by Crippen LogP contribution is -2.42. The van der Waals surface area contributed by atoms with Gasteiger partial charge in [0.15, 0.2) is 0 Å². The normalized spacial score (nSPS) is 21.8. The number of amides is 1. The minimum Gasteiger partial charge on any atom is -0.356 e. The van der Waals surface area contributed by atoms with Gasteiger partial charge in [-0.05, 0) is 55.2 Å². The van der Waals surface area contributed by atoms with Crippen LogP contribution in [-0.2, 0) is 11.3 Å². The van der Waals surface area contributed by atoms with E-state index in [-0.39, 0.29) is 5.91 Å². The minimum absolute atomic E-state index is 0.282. The van der Waals surface area contributed by atoms with Crippen molar-refractivity contribution in [1.29, 1.82) is 0 Å². The van der Waals surface area contributed by atoms with E-state index in [2.05, 4.69) is 39.5 Å². The van der Waals surface area contributed by atoms with Crippen LogP contribution >= 0.6 is 0 Å². The van der Waals surface area contributed by atoms with Crippen molar-refractivity contribution in [1.82, 2.24) is 15.2 Å². The average Bonchev–Trinajstić information content (AvgIpc) is 2.59. The Morgan fingerprint density at radius 3 is 2.96 bits per heavy atom. The van der Waals surface area contributed by atoms with Crippen molar-refractivity contribution in [2.45, 2.75) is 38.6 Å². The van der Waals surface area contributed by atoms with Crippen LogP contribution in [0.25, 0.3) is 10.8 Å². The summed E-state index contributed by atoms with van der Waals surface area (Å²) in [4.78, 5) is 18.8. The van der Waals surface area contributed by atoms with Crippen LogP contribution in [0.1, 0.15) is 37.7 Å². The summed E-state index contributed by atoms with van der Waals surface area (Å²) >= 11 is 0. The van der Waals surface area contributed by atoms with Crippen LogP contribution in [-0.4, -0.2) is 35.4 Å². The first kappa shape index (κ1) is 16.5. The Hall–Kier alpha value is -1.94. The molecule has 1 N–H and O–H groups in total. The molecular weight excluding hydrogens is 310 g/mol. The number of carbonyl (C=O) groups is 1. The maximum Gasteiger partial charge on any atom is 0.223 e. The maximum atomic E-state index is 12.1. The van der Waals surface area contributed by atoms with Gasteiger partial charge < -0.3 is 5.32 Å². The van der Waals surface area contributed by atoms with Crippen molar-refractivity contribution in [2.75, 3.05) is 19.6 Å². The second-order valence-corrected chi connectivity index (χ2v) is 7.63. The second-order valence-electron chi connectivity index (χ2n) is 7.63. The number of aromatic nitrogens is 1. The van der Waals surface area contributed by atoms with Gasteiger partial charge in [0.05, 0.1) is 0 Å². The van der Waals surface area contributed by atoms with E-state index < -0.39 is 0 Å². The van der Waals surface area contributed by atoms with Crippen LogP contribution in [0.5, 0.6) is 0 Å². The number of nitrogens with one attached hydrogen (secondary N) is 1. The van der Waals surface area contributed by atoms with Gasteiger partial charge in [0.25, 0.3) is 0 Å². The molecular formula is C21H27N3O. The van der Waals surface area contributed by atoms with E-state index in [1.165, 1.54) is 35.6 Å². The van der Waals surface area contributed by atoms with E-state index in [1.807, 2.05) is 12.4 Å². The van der Waals surface area contributed by atoms with Crippen LogP contribution < -0.4 is 5.32 Å². The van der Waals surface area contributed by atoms with E-state index in [4.69, 9.17) is 0 Å². The van der Waals surface area contributed by atoms with Crippen molar-refractivity contribution >= 4 is 16.7 Å². The van der Waals surface area contributed by atoms with Crippen molar-refractivity contribution in [3.8, 4) is 0 Å². The molecule has 0 bridgehead atoms. The fourth-order valence-corrected chi connectivity index (χ4v) is 4.09. The first-order valence-corrected chi connectivity index (χ1v) is 9.61. The lowest BCUT2D eigenvalue weighted by Gasteiger charge is -2.33. The van der Waals surface area contributed by atoms with Crippen molar-refractivity contribution in [3.05, 3.63) is 42.2 Å². The number of nitrogens with zero attached hydrogens (tertiary/aromatic N) is 2. The minimum atomic E-state index is 0.282. The largest absolute Gasteiger partial charge is 0.356 e. The zero-order valence-electron chi connectivity index (χ0n) is 14.8. The Morgan fingerprint density at radius 1 is 1.20 bits per heavy atom. The first-order chi connectivity index (χ1) is 12.3. The molecule has 25 heavy (non-hydrogen) atoms. The molecule has 0 spiro atoms. The fourth-order valence-electron chi connectivity index (χ4n) is 4.09. The van der Waals surface area contributed by atoms with Gasteiger partial charge in [0.2, 0.25) is 5.91 Å². The Kier molecular flexibility index (Phi) is 4.97. The van der Waals surface area contributed by atoms with E-state index in [0.717, 1.165) is 39.0 Å². The summed E-state index contributed by atoms with van der Waals surface area (Å²) in [5.74, 6) is 1.16. The third-order valence-electron chi connectivity index (χ3n) is 5.81. The molecule has 1 amide bonds. The zero-order chi connectivity index (χ0) is 17.1. The number of benzene rings is 1. The lowest BCUT2D eigenvalue weighted by molar-refractivity contribution is -0.127. The molecule has 2 aliphatic rings. The SMILES string of the molecule is O=C(NC[C@H]1CCCN(Cc2cccc3cnccc23)C1)C1CCC1. The molecule has 1 aromatic heterocycles. The molecule has 1 aliphatic carbocycles. The monoisotopic (exact) mass is 337 g/mol. The zero-order valence-corrected chi connectivity index (χ0v) is 14.8. The summed E-state index contributed by atoms with van der Waals surface area (Å²) in [6.45, 7) is 4.04. The number of rotatable bonds is 5. The number of likely N-dealkylation sites (tertiary alicyclic amines) is 1. The van der Waals surface area contributed by atoms with Gasteiger partial charge >= 0.3 is 0 Å². The highest BCUT2D eigenvalue weighted by molar-refractivity contribution is 5.84. The van der Waals surface area contributed by atoms with Gasteiger partial charge in [0.1, 0.15) is 0 Å². The molecule has 0 radical (unpaired) electrons. The van der Waals surface area contributed by atoms with Gasteiger partial charge in [0, 0.05) is 43.3 Å². The Balaban J connectivity index is 1.35. The van der Waals surface area contributed by atoms with Gasteiger partial charge in [-0.25, -0.2) is 0 Å². The van der Waals surface area contributed by atoms with Gasteiger partial charge in [-0.3, -0.25) is 14.7 Å². The number of hydrogen-bond acceptors (Lipinski definition) is 3. The quantitative estimate of drug-likeness (QED) is 0.910. The summed E-state index contributed by atoms with van der Waals surface area (Å²) in [6.07, 6.45) is 9.64. The lowest BCUT2D eigenvalue weighted by atomic mass is 9.84. The smallest absolute Gasteiger partial charge is 0.223 e. The van der Waals surface area contributed by atoms with E-state index in [9.17, 15) is 4.79 Å². The highest BCUT2D eigenvalue weighted by Crippen LogP contribution is 2.27. The van der Waals surface area contributed by atoms with Gasteiger partial charge in [-0.1, -0.05) is 24.6 Å². The summed E-state index contributed by atoms with van der Waals surface area (Å²) in [7, 11) is 0.